The monoisotopic (exact) mass is 354 g/mol. The van der Waals surface area contributed by atoms with Gasteiger partial charge in [-0.25, -0.2) is 0 Å². The van der Waals surface area contributed by atoms with Crippen LogP contribution in [0.1, 0.15) is 54.6 Å². The molecule has 2 aromatic rings. The Labute approximate surface area is 152 Å². The van der Waals surface area contributed by atoms with Gasteiger partial charge in [-0.05, 0) is 41.9 Å². The van der Waals surface area contributed by atoms with E-state index in [9.17, 15) is 9.82 Å². The normalized spacial score (nSPS) is 22.3. The lowest BCUT2D eigenvalue weighted by Crippen LogP contribution is -2.27. The number of benzene rings is 1. The van der Waals surface area contributed by atoms with Crippen LogP contribution in [0.25, 0.3) is 0 Å². The first-order valence-electron chi connectivity index (χ1n) is 9.11. The third-order valence-electron chi connectivity index (χ3n) is 5.47. The largest absolute Gasteiger partial charge is 0.491 e. The van der Waals surface area contributed by atoms with Crippen molar-refractivity contribution in [2.45, 2.75) is 45.3 Å². The van der Waals surface area contributed by atoms with Crippen LogP contribution < -0.4 is 16.5 Å². The van der Waals surface area contributed by atoms with Crippen LogP contribution in [0.15, 0.2) is 24.4 Å². The van der Waals surface area contributed by atoms with Crippen molar-refractivity contribution in [2.24, 2.45) is 11.7 Å². The van der Waals surface area contributed by atoms with Gasteiger partial charge in [0.15, 0.2) is 5.82 Å². The lowest BCUT2D eigenvalue weighted by Gasteiger charge is -2.28. The van der Waals surface area contributed by atoms with E-state index in [0.29, 0.717) is 29.9 Å². The van der Waals surface area contributed by atoms with Gasteiger partial charge in [0.05, 0.1) is 12.6 Å². The minimum Gasteiger partial charge on any atom is -0.423 e. The summed E-state index contributed by atoms with van der Waals surface area (Å²) in [5.41, 5.74) is 8.43. The van der Waals surface area contributed by atoms with Crippen LogP contribution in [0.2, 0.25) is 0 Å². The number of primary amides is 1. The van der Waals surface area contributed by atoms with Gasteiger partial charge >= 0.3 is 7.12 Å². The van der Waals surface area contributed by atoms with Crippen LogP contribution in [0, 0.1) is 5.92 Å². The first-order chi connectivity index (χ1) is 12.5. The van der Waals surface area contributed by atoms with Crippen LogP contribution in [0.4, 0.5) is 11.5 Å². The van der Waals surface area contributed by atoms with Crippen molar-refractivity contribution in [1.29, 1.82) is 0 Å². The fourth-order valence-electron chi connectivity index (χ4n) is 3.97. The molecule has 4 rings (SSSR count). The van der Waals surface area contributed by atoms with Crippen LogP contribution in [0.5, 0.6) is 0 Å². The van der Waals surface area contributed by atoms with Crippen LogP contribution in [0.3, 0.4) is 0 Å². The van der Waals surface area contributed by atoms with Gasteiger partial charge in [0, 0.05) is 11.9 Å². The van der Waals surface area contributed by atoms with E-state index in [1.807, 2.05) is 22.9 Å². The number of aromatic nitrogens is 2. The molecule has 0 unspecified atom stereocenters. The molecule has 8 heteroatoms. The number of rotatable bonds is 4. The highest BCUT2D eigenvalue weighted by molar-refractivity contribution is 6.61. The quantitative estimate of drug-likeness (QED) is 0.726. The smallest absolute Gasteiger partial charge is 0.423 e. The average molecular weight is 354 g/mol. The maximum atomic E-state index is 11.9. The maximum Gasteiger partial charge on any atom is 0.491 e. The summed E-state index contributed by atoms with van der Waals surface area (Å²) in [4.78, 5) is 11.9. The Bertz CT molecular complexity index is 838. The van der Waals surface area contributed by atoms with E-state index in [0.717, 1.165) is 23.1 Å². The zero-order chi connectivity index (χ0) is 18.3. The standard InChI is InChI=1S/C18H23BN4O3/c1-11-4-2-3-5-16(11)23-9-14(17(20)24)18(22-23)21-13-6-7-15-12(8-13)10-26-19(15)25/h6-9,11,16,25H,2-5,10H2,1H3,(H2,20,24)(H,21,22)/t11-,16-/m0/s1. The summed E-state index contributed by atoms with van der Waals surface area (Å²) in [5, 5.41) is 17.6. The molecule has 1 aromatic carbocycles. The van der Waals surface area contributed by atoms with E-state index in [1.54, 1.807) is 6.20 Å². The molecular weight excluding hydrogens is 331 g/mol. The van der Waals surface area contributed by atoms with Gasteiger partial charge in [0.2, 0.25) is 0 Å². The highest BCUT2D eigenvalue weighted by Crippen LogP contribution is 2.34. The molecule has 1 fully saturated rings. The lowest BCUT2D eigenvalue weighted by molar-refractivity contribution is 0.100. The number of nitrogens with one attached hydrogen (secondary N) is 1. The van der Waals surface area contributed by atoms with Crippen LogP contribution in [-0.4, -0.2) is 27.8 Å². The molecule has 136 valence electrons. The maximum absolute atomic E-state index is 11.9. The number of nitrogens with two attached hydrogens (primary N) is 1. The molecule has 1 amide bonds. The van der Waals surface area contributed by atoms with E-state index in [2.05, 4.69) is 17.3 Å². The molecule has 0 radical (unpaired) electrons. The Morgan fingerprint density at radius 1 is 1.42 bits per heavy atom. The number of carbonyl (C=O) groups excluding carboxylic acids is 1. The fourth-order valence-corrected chi connectivity index (χ4v) is 3.97. The summed E-state index contributed by atoms with van der Waals surface area (Å²) >= 11 is 0. The second-order valence-electron chi connectivity index (χ2n) is 7.27. The fraction of sp³-hybridized carbons (Fsp3) is 0.444. The number of hydrogen-bond donors (Lipinski definition) is 3. The van der Waals surface area contributed by atoms with Crippen molar-refractivity contribution in [2.75, 3.05) is 5.32 Å². The highest BCUT2D eigenvalue weighted by atomic mass is 16.5. The minimum atomic E-state index is -0.868. The van der Waals surface area contributed by atoms with Crippen molar-refractivity contribution in [3.8, 4) is 0 Å². The SMILES string of the molecule is C[C@H]1CCCC[C@@H]1n1cc(C(N)=O)c(Nc2ccc3c(c2)COB3O)n1. The lowest BCUT2D eigenvalue weighted by atomic mass is 9.79. The zero-order valence-electron chi connectivity index (χ0n) is 14.8. The Kier molecular flexibility index (Phi) is 4.46. The van der Waals surface area contributed by atoms with Crippen molar-refractivity contribution in [3.05, 3.63) is 35.5 Å². The number of hydrogen-bond acceptors (Lipinski definition) is 5. The molecule has 7 nitrogen and oxygen atoms in total. The Balaban J connectivity index is 1.62. The van der Waals surface area contributed by atoms with Crippen LogP contribution >= 0.6 is 0 Å². The summed E-state index contributed by atoms with van der Waals surface area (Å²) in [5.74, 6) is 0.493. The number of carbonyl (C=O) groups is 1. The molecule has 1 saturated carbocycles. The summed E-state index contributed by atoms with van der Waals surface area (Å²) in [6.07, 6.45) is 6.42. The van der Waals surface area contributed by atoms with Crippen molar-refractivity contribution in [1.82, 2.24) is 9.78 Å². The minimum absolute atomic E-state index is 0.293. The molecule has 2 aliphatic rings. The molecule has 0 saturated heterocycles. The first kappa shape index (κ1) is 17.1. The number of anilines is 2. The highest BCUT2D eigenvalue weighted by Gasteiger charge is 2.28. The van der Waals surface area contributed by atoms with Gasteiger partial charge in [-0.1, -0.05) is 25.8 Å². The van der Waals surface area contributed by atoms with Gasteiger partial charge < -0.3 is 20.7 Å². The average Bonchev–Trinajstić information content (AvgIpc) is 3.19. The van der Waals surface area contributed by atoms with Crippen molar-refractivity contribution >= 4 is 30.0 Å². The molecule has 0 bridgehead atoms. The van der Waals surface area contributed by atoms with E-state index >= 15 is 0 Å². The van der Waals surface area contributed by atoms with Crippen LogP contribution in [-0.2, 0) is 11.3 Å². The van der Waals surface area contributed by atoms with E-state index in [4.69, 9.17) is 10.4 Å². The zero-order valence-corrected chi connectivity index (χ0v) is 14.8. The first-order valence-corrected chi connectivity index (χ1v) is 9.11. The summed E-state index contributed by atoms with van der Waals surface area (Å²) in [6.45, 7) is 2.59. The molecular formula is C18H23BN4O3. The third-order valence-corrected chi connectivity index (χ3v) is 5.47. The van der Waals surface area contributed by atoms with Crippen molar-refractivity contribution < 1.29 is 14.5 Å². The van der Waals surface area contributed by atoms with Crippen molar-refractivity contribution in [3.63, 3.8) is 0 Å². The van der Waals surface area contributed by atoms with E-state index < -0.39 is 13.0 Å². The predicted molar refractivity (Wildman–Crippen MR) is 99.5 cm³/mol. The van der Waals surface area contributed by atoms with Gasteiger partial charge in [-0.15, -0.1) is 0 Å². The van der Waals surface area contributed by atoms with E-state index in [1.165, 1.54) is 19.3 Å². The summed E-state index contributed by atoms with van der Waals surface area (Å²) in [7, 11) is -0.868. The molecule has 1 aliphatic carbocycles. The number of amides is 1. The Morgan fingerprint density at radius 2 is 2.23 bits per heavy atom. The second-order valence-corrected chi connectivity index (χ2v) is 7.27. The van der Waals surface area contributed by atoms with E-state index in [-0.39, 0.29) is 0 Å². The molecule has 2 atom stereocenters. The van der Waals surface area contributed by atoms with Gasteiger partial charge in [-0.2, -0.15) is 5.10 Å². The second kappa shape index (κ2) is 6.77. The topological polar surface area (TPSA) is 102 Å². The molecule has 1 aliphatic heterocycles. The molecule has 4 N–H and O–H groups in total. The molecule has 26 heavy (non-hydrogen) atoms. The third kappa shape index (κ3) is 3.10. The molecule has 1 aromatic heterocycles. The molecule has 2 heterocycles. The molecule has 0 spiro atoms. The van der Waals surface area contributed by atoms with Gasteiger partial charge in [0.1, 0.15) is 5.56 Å². The van der Waals surface area contributed by atoms with Gasteiger partial charge in [-0.3, -0.25) is 9.48 Å². The summed E-state index contributed by atoms with van der Waals surface area (Å²) < 4.78 is 7.11. The number of nitrogens with zero attached hydrogens (tertiary/aromatic N) is 2. The Hall–Kier alpha value is -2.32. The summed E-state index contributed by atoms with van der Waals surface area (Å²) in [6, 6.07) is 5.85. The number of fused-ring (bicyclic) bond motifs is 1. The Morgan fingerprint density at radius 3 is 3.00 bits per heavy atom. The predicted octanol–water partition coefficient (Wildman–Crippen LogP) is 1.69. The van der Waals surface area contributed by atoms with Gasteiger partial charge in [0.25, 0.3) is 5.91 Å².